The summed E-state index contributed by atoms with van der Waals surface area (Å²) in [7, 11) is 0. The summed E-state index contributed by atoms with van der Waals surface area (Å²) in [5.74, 6) is 1.17. The Labute approximate surface area is 236 Å². The summed E-state index contributed by atoms with van der Waals surface area (Å²) in [5.41, 5.74) is 0.910. The van der Waals surface area contributed by atoms with Gasteiger partial charge >= 0.3 is 0 Å². The fourth-order valence-electron chi connectivity index (χ4n) is 3.74. The zero-order chi connectivity index (χ0) is 25.5. The van der Waals surface area contributed by atoms with E-state index >= 15 is 0 Å². The van der Waals surface area contributed by atoms with E-state index < -0.39 is 0 Å². The summed E-state index contributed by atoms with van der Waals surface area (Å²) in [4.78, 5) is 19.1. The van der Waals surface area contributed by atoms with E-state index in [9.17, 15) is 4.79 Å². The minimum atomic E-state index is -0.320. The van der Waals surface area contributed by atoms with Crippen LogP contribution >= 0.6 is 55.2 Å². The molecule has 0 amide bonds. The number of fused-ring (bicyclic) bond motifs is 2. The fourth-order valence-corrected chi connectivity index (χ4v) is 5.58. The molecule has 0 aliphatic rings. The molecule has 0 saturated carbocycles. The van der Waals surface area contributed by atoms with E-state index in [-0.39, 0.29) is 11.4 Å². The van der Waals surface area contributed by atoms with E-state index in [0.29, 0.717) is 38.1 Å². The van der Waals surface area contributed by atoms with Crippen LogP contribution in [0.4, 0.5) is 0 Å². The number of aromatic nitrogens is 2. The van der Waals surface area contributed by atoms with Gasteiger partial charge in [0.05, 0.1) is 21.6 Å². The predicted molar refractivity (Wildman–Crippen MR) is 154 cm³/mol. The number of halogens is 3. The molecule has 0 unspecified atom stereocenters. The lowest BCUT2D eigenvalue weighted by molar-refractivity contribution is 0.465. The van der Waals surface area contributed by atoms with E-state index in [4.69, 9.17) is 25.4 Å². The van der Waals surface area contributed by atoms with Crippen LogP contribution in [-0.4, -0.2) is 15.9 Å². The smallest absolute Gasteiger partial charge is 0.282 e. The Balaban J connectivity index is 1.42. The summed E-state index contributed by atoms with van der Waals surface area (Å²) in [5, 5.41) is 7.11. The van der Waals surface area contributed by atoms with Gasteiger partial charge in [-0.25, -0.2) is 4.98 Å². The number of hydrogen-bond donors (Lipinski definition) is 0. The van der Waals surface area contributed by atoms with Gasteiger partial charge in [0.25, 0.3) is 5.56 Å². The van der Waals surface area contributed by atoms with Crippen LogP contribution in [0, 0.1) is 0 Å². The molecular formula is C27H14Br2ClN3O3S. The summed E-state index contributed by atoms with van der Waals surface area (Å²) in [6, 6.07) is 23.9. The van der Waals surface area contributed by atoms with Gasteiger partial charge in [-0.3, -0.25) is 4.79 Å². The van der Waals surface area contributed by atoms with Gasteiger partial charge in [-0.05, 0) is 76.6 Å². The van der Waals surface area contributed by atoms with Gasteiger partial charge < -0.3 is 8.83 Å². The van der Waals surface area contributed by atoms with Crippen LogP contribution in [0.2, 0.25) is 5.02 Å². The normalized spacial score (nSPS) is 11.8. The van der Waals surface area contributed by atoms with Gasteiger partial charge in [0.15, 0.2) is 10.9 Å². The highest BCUT2D eigenvalue weighted by Gasteiger charge is 2.17. The lowest BCUT2D eigenvalue weighted by Crippen LogP contribution is -2.20. The van der Waals surface area contributed by atoms with E-state index in [2.05, 4.69) is 37.0 Å². The van der Waals surface area contributed by atoms with Crippen LogP contribution in [0.5, 0.6) is 0 Å². The molecular weight excluding hydrogens is 642 g/mol. The first-order chi connectivity index (χ1) is 17.9. The third-order valence-corrected chi connectivity index (χ3v) is 8.04. The Morgan fingerprint density at radius 1 is 0.973 bits per heavy atom. The van der Waals surface area contributed by atoms with Crippen molar-refractivity contribution in [3.63, 3.8) is 0 Å². The lowest BCUT2D eigenvalue weighted by atomic mass is 10.2. The van der Waals surface area contributed by atoms with Crippen molar-refractivity contribution in [2.45, 2.75) is 9.99 Å². The van der Waals surface area contributed by atoms with Crippen molar-refractivity contribution < 1.29 is 8.83 Å². The third kappa shape index (κ3) is 4.92. The minimum absolute atomic E-state index is 0.286. The van der Waals surface area contributed by atoms with Crippen LogP contribution < -0.4 is 5.56 Å². The number of rotatable bonds is 5. The maximum Gasteiger partial charge on any atom is 0.282 e. The number of hydrogen-bond acceptors (Lipinski definition) is 6. The standard InChI is InChI=1S/C27H14Br2ClN3O3S/c28-16-5-10-23-15(11-16)12-24(36-23)25-32-22-4-2-1-3-20(22)26(34)33(25)31-14-18-13-21(29)27(35-18)37-19-8-6-17(30)7-9-19/h1-14H. The fraction of sp³-hybridized carbons (Fsp3) is 0. The van der Waals surface area contributed by atoms with Crippen LogP contribution in [0.15, 0.2) is 117 Å². The predicted octanol–water partition coefficient (Wildman–Crippen LogP) is 8.61. The highest BCUT2D eigenvalue weighted by Crippen LogP contribution is 2.36. The first-order valence-electron chi connectivity index (χ1n) is 10.9. The molecule has 6 nitrogen and oxygen atoms in total. The third-order valence-electron chi connectivity index (χ3n) is 5.45. The quantitative estimate of drug-likeness (QED) is 0.174. The Kier molecular flexibility index (Phi) is 6.54. The molecule has 0 spiro atoms. The molecule has 0 aliphatic carbocycles. The van der Waals surface area contributed by atoms with Gasteiger partial charge in [0.1, 0.15) is 11.3 Å². The topological polar surface area (TPSA) is 73.5 Å². The number of benzene rings is 3. The molecule has 3 heterocycles. The van der Waals surface area contributed by atoms with Crippen molar-refractivity contribution in [2.75, 3.05) is 0 Å². The highest BCUT2D eigenvalue weighted by atomic mass is 79.9. The van der Waals surface area contributed by atoms with Crippen molar-refractivity contribution in [2.24, 2.45) is 5.10 Å². The second kappa shape index (κ2) is 9.98. The van der Waals surface area contributed by atoms with E-state index in [1.807, 2.05) is 54.6 Å². The molecule has 6 rings (SSSR count). The summed E-state index contributed by atoms with van der Waals surface area (Å²) in [6.45, 7) is 0. The van der Waals surface area contributed by atoms with Crippen LogP contribution in [0.3, 0.4) is 0 Å². The molecule has 37 heavy (non-hydrogen) atoms. The van der Waals surface area contributed by atoms with E-state index in [0.717, 1.165) is 19.2 Å². The number of nitrogens with zero attached hydrogens (tertiary/aromatic N) is 3. The minimum Gasteiger partial charge on any atom is -0.453 e. The Bertz CT molecular complexity index is 1880. The van der Waals surface area contributed by atoms with Gasteiger partial charge in [-0.2, -0.15) is 9.78 Å². The summed E-state index contributed by atoms with van der Waals surface area (Å²) < 4.78 is 14.9. The monoisotopic (exact) mass is 653 g/mol. The molecule has 0 N–H and O–H groups in total. The average Bonchev–Trinajstić information content (AvgIpc) is 3.47. The second-order valence-electron chi connectivity index (χ2n) is 7.95. The molecule has 3 aromatic carbocycles. The largest absolute Gasteiger partial charge is 0.453 e. The summed E-state index contributed by atoms with van der Waals surface area (Å²) in [6.07, 6.45) is 1.48. The highest BCUT2D eigenvalue weighted by molar-refractivity contribution is 9.10. The van der Waals surface area contributed by atoms with E-state index in [1.54, 1.807) is 24.3 Å². The molecule has 6 aromatic rings. The zero-order valence-electron chi connectivity index (χ0n) is 18.7. The molecule has 0 atom stereocenters. The lowest BCUT2D eigenvalue weighted by Gasteiger charge is -2.06. The van der Waals surface area contributed by atoms with Crippen molar-refractivity contribution in [3.8, 4) is 11.6 Å². The molecule has 10 heteroatoms. The van der Waals surface area contributed by atoms with Gasteiger partial charge in [-0.15, -0.1) is 0 Å². The van der Waals surface area contributed by atoms with Gasteiger partial charge in [0.2, 0.25) is 5.82 Å². The van der Waals surface area contributed by atoms with Gasteiger partial charge in [0, 0.05) is 25.8 Å². The van der Waals surface area contributed by atoms with Crippen molar-refractivity contribution in [1.29, 1.82) is 0 Å². The van der Waals surface area contributed by atoms with Gasteiger partial charge in [-0.1, -0.05) is 51.4 Å². The molecule has 3 aromatic heterocycles. The average molecular weight is 656 g/mol. The molecule has 0 saturated heterocycles. The first kappa shape index (κ1) is 24.2. The molecule has 182 valence electrons. The Morgan fingerprint density at radius 3 is 2.62 bits per heavy atom. The molecule has 0 bridgehead atoms. The van der Waals surface area contributed by atoms with Crippen LogP contribution in [0.1, 0.15) is 5.76 Å². The molecule has 0 aliphatic heterocycles. The number of para-hydroxylation sites is 1. The number of furan rings is 2. The van der Waals surface area contributed by atoms with Crippen molar-refractivity contribution in [3.05, 3.63) is 109 Å². The molecule has 0 radical (unpaired) electrons. The van der Waals surface area contributed by atoms with Crippen molar-refractivity contribution >= 4 is 83.3 Å². The maximum atomic E-state index is 13.5. The van der Waals surface area contributed by atoms with Crippen LogP contribution in [-0.2, 0) is 0 Å². The zero-order valence-corrected chi connectivity index (χ0v) is 23.4. The maximum absolute atomic E-state index is 13.5. The van der Waals surface area contributed by atoms with Crippen LogP contribution in [0.25, 0.3) is 33.5 Å². The summed E-state index contributed by atoms with van der Waals surface area (Å²) >= 11 is 14.4. The Morgan fingerprint density at radius 2 is 1.78 bits per heavy atom. The Hall–Kier alpha value is -3.11. The SMILES string of the molecule is O=c1c2ccccc2nc(-c2cc3cc(Br)ccc3o2)n1N=Cc1cc(Br)c(Sc2ccc(Cl)cc2)o1. The first-order valence-corrected chi connectivity index (χ1v) is 13.7. The van der Waals surface area contributed by atoms with Crippen molar-refractivity contribution in [1.82, 2.24) is 9.66 Å². The second-order valence-corrected chi connectivity index (χ2v) is 11.2. The molecule has 0 fully saturated rings. The van der Waals surface area contributed by atoms with E-state index in [1.165, 1.54) is 22.7 Å².